The SMILES string of the molecule is CC1(C)CC1C(=O)N1CCCCC1CC(=O)O. The number of carbonyl (C=O) groups excluding carboxylic acids is 1. The van der Waals surface area contributed by atoms with Crippen molar-refractivity contribution in [3.8, 4) is 0 Å². The van der Waals surface area contributed by atoms with Gasteiger partial charge < -0.3 is 10.0 Å². The van der Waals surface area contributed by atoms with Gasteiger partial charge in [0.2, 0.25) is 5.91 Å². The van der Waals surface area contributed by atoms with Gasteiger partial charge in [-0.3, -0.25) is 9.59 Å². The third-order valence-corrected chi connectivity index (χ3v) is 4.13. The molecule has 4 heteroatoms. The number of hydrogen-bond donors (Lipinski definition) is 1. The van der Waals surface area contributed by atoms with Gasteiger partial charge in [-0.2, -0.15) is 0 Å². The van der Waals surface area contributed by atoms with Crippen LogP contribution in [0.3, 0.4) is 0 Å². The van der Waals surface area contributed by atoms with Crippen LogP contribution in [0.15, 0.2) is 0 Å². The zero-order chi connectivity index (χ0) is 12.6. The lowest BCUT2D eigenvalue weighted by atomic mass is 9.98. The van der Waals surface area contributed by atoms with E-state index < -0.39 is 5.97 Å². The Hall–Kier alpha value is -1.06. The molecule has 0 aromatic rings. The van der Waals surface area contributed by atoms with E-state index in [0.29, 0.717) is 0 Å². The highest BCUT2D eigenvalue weighted by Gasteiger charge is 2.52. The number of likely N-dealkylation sites (tertiary alicyclic amines) is 1. The average molecular weight is 239 g/mol. The van der Waals surface area contributed by atoms with Crippen molar-refractivity contribution in [3.63, 3.8) is 0 Å². The number of hydrogen-bond acceptors (Lipinski definition) is 2. The van der Waals surface area contributed by atoms with Crippen molar-refractivity contribution < 1.29 is 14.7 Å². The predicted octanol–water partition coefficient (Wildman–Crippen LogP) is 1.89. The fourth-order valence-electron chi connectivity index (χ4n) is 2.79. The second-order valence-electron chi connectivity index (χ2n) is 6.02. The number of carboxylic acids is 1. The first-order valence-electron chi connectivity index (χ1n) is 6.44. The molecule has 1 saturated heterocycles. The third kappa shape index (κ3) is 2.61. The van der Waals surface area contributed by atoms with Gasteiger partial charge >= 0.3 is 5.97 Å². The lowest BCUT2D eigenvalue weighted by Gasteiger charge is -2.35. The molecule has 2 aliphatic rings. The molecule has 2 fully saturated rings. The molecule has 1 saturated carbocycles. The Bertz CT molecular complexity index is 338. The molecule has 0 radical (unpaired) electrons. The maximum Gasteiger partial charge on any atom is 0.305 e. The summed E-state index contributed by atoms with van der Waals surface area (Å²) < 4.78 is 0. The van der Waals surface area contributed by atoms with Crippen LogP contribution in [-0.2, 0) is 9.59 Å². The summed E-state index contributed by atoms with van der Waals surface area (Å²) in [5.74, 6) is -0.498. The zero-order valence-electron chi connectivity index (χ0n) is 10.6. The molecule has 1 amide bonds. The predicted molar refractivity (Wildman–Crippen MR) is 63.5 cm³/mol. The van der Waals surface area contributed by atoms with Crippen molar-refractivity contribution in [1.29, 1.82) is 0 Å². The maximum atomic E-state index is 12.3. The van der Waals surface area contributed by atoms with Crippen molar-refractivity contribution >= 4 is 11.9 Å². The van der Waals surface area contributed by atoms with Crippen LogP contribution >= 0.6 is 0 Å². The van der Waals surface area contributed by atoms with Gasteiger partial charge in [-0.1, -0.05) is 13.8 Å². The number of nitrogens with zero attached hydrogens (tertiary/aromatic N) is 1. The molecule has 0 spiro atoms. The van der Waals surface area contributed by atoms with E-state index in [-0.39, 0.29) is 29.7 Å². The lowest BCUT2D eigenvalue weighted by Crippen LogP contribution is -2.45. The number of rotatable bonds is 3. The van der Waals surface area contributed by atoms with Crippen LogP contribution in [0.25, 0.3) is 0 Å². The Balaban J connectivity index is 2.01. The van der Waals surface area contributed by atoms with Crippen LogP contribution in [0.4, 0.5) is 0 Å². The van der Waals surface area contributed by atoms with Crippen molar-refractivity contribution in [3.05, 3.63) is 0 Å². The Labute approximate surface area is 102 Å². The summed E-state index contributed by atoms with van der Waals surface area (Å²) in [6.45, 7) is 4.95. The fraction of sp³-hybridized carbons (Fsp3) is 0.846. The molecule has 2 atom stereocenters. The van der Waals surface area contributed by atoms with Crippen LogP contribution in [0, 0.1) is 11.3 Å². The summed E-state index contributed by atoms with van der Waals surface area (Å²) in [6.07, 6.45) is 3.93. The first-order chi connectivity index (χ1) is 7.92. The van der Waals surface area contributed by atoms with Crippen LogP contribution in [-0.4, -0.2) is 34.5 Å². The largest absolute Gasteiger partial charge is 0.481 e. The minimum Gasteiger partial charge on any atom is -0.481 e. The van der Waals surface area contributed by atoms with Gasteiger partial charge in [0.15, 0.2) is 0 Å². The topological polar surface area (TPSA) is 57.6 Å². The summed E-state index contributed by atoms with van der Waals surface area (Å²) in [4.78, 5) is 24.9. The Morgan fingerprint density at radius 3 is 2.53 bits per heavy atom. The van der Waals surface area contributed by atoms with E-state index in [1.807, 2.05) is 4.90 Å². The Kier molecular flexibility index (Phi) is 3.15. The molecule has 0 aromatic heterocycles. The number of carbonyl (C=O) groups is 2. The van der Waals surface area contributed by atoms with E-state index >= 15 is 0 Å². The normalized spacial score (nSPS) is 31.1. The second kappa shape index (κ2) is 4.31. The van der Waals surface area contributed by atoms with Gasteiger partial charge in [-0.15, -0.1) is 0 Å². The highest BCUT2D eigenvalue weighted by molar-refractivity contribution is 5.83. The minimum atomic E-state index is -0.801. The molecular weight excluding hydrogens is 218 g/mol. The van der Waals surface area contributed by atoms with Crippen molar-refractivity contribution in [2.24, 2.45) is 11.3 Å². The summed E-state index contributed by atoms with van der Waals surface area (Å²) in [5, 5.41) is 8.88. The van der Waals surface area contributed by atoms with Crippen molar-refractivity contribution in [2.75, 3.05) is 6.54 Å². The van der Waals surface area contributed by atoms with Crippen LogP contribution in [0.5, 0.6) is 0 Å². The van der Waals surface area contributed by atoms with Crippen LogP contribution in [0.2, 0.25) is 0 Å². The van der Waals surface area contributed by atoms with E-state index in [1.54, 1.807) is 0 Å². The highest BCUT2D eigenvalue weighted by atomic mass is 16.4. The average Bonchev–Trinajstić information content (AvgIpc) is 2.87. The highest BCUT2D eigenvalue weighted by Crippen LogP contribution is 2.52. The summed E-state index contributed by atoms with van der Waals surface area (Å²) in [7, 11) is 0. The van der Waals surface area contributed by atoms with Gasteiger partial charge in [0, 0.05) is 18.5 Å². The molecule has 0 aromatic carbocycles. The zero-order valence-corrected chi connectivity index (χ0v) is 10.6. The Morgan fingerprint density at radius 2 is 2.00 bits per heavy atom. The van der Waals surface area contributed by atoms with E-state index in [2.05, 4.69) is 13.8 Å². The molecule has 2 unspecified atom stereocenters. The van der Waals surface area contributed by atoms with Gasteiger partial charge in [0.1, 0.15) is 0 Å². The van der Waals surface area contributed by atoms with Gasteiger partial charge in [-0.05, 0) is 31.1 Å². The van der Waals surface area contributed by atoms with Crippen LogP contribution in [0.1, 0.15) is 46.0 Å². The van der Waals surface area contributed by atoms with Crippen molar-refractivity contribution in [1.82, 2.24) is 4.90 Å². The second-order valence-corrected chi connectivity index (χ2v) is 6.02. The minimum absolute atomic E-state index is 0.0786. The third-order valence-electron chi connectivity index (χ3n) is 4.13. The van der Waals surface area contributed by atoms with E-state index in [9.17, 15) is 9.59 Å². The number of piperidine rings is 1. The first kappa shape index (κ1) is 12.4. The molecule has 1 heterocycles. The standard InChI is InChI=1S/C13H21NO3/c1-13(2)8-10(13)12(17)14-6-4-3-5-9(14)7-11(15)16/h9-10H,3-8H2,1-2H3,(H,15,16). The van der Waals surface area contributed by atoms with Gasteiger partial charge in [-0.25, -0.2) is 0 Å². The number of carboxylic acid groups (broad SMARTS) is 1. The molecule has 2 rings (SSSR count). The number of amides is 1. The molecule has 96 valence electrons. The summed E-state index contributed by atoms with van der Waals surface area (Å²) >= 11 is 0. The monoisotopic (exact) mass is 239 g/mol. The quantitative estimate of drug-likeness (QED) is 0.818. The molecule has 17 heavy (non-hydrogen) atoms. The molecule has 1 aliphatic carbocycles. The molecule has 0 bridgehead atoms. The first-order valence-corrected chi connectivity index (χ1v) is 6.44. The van der Waals surface area contributed by atoms with E-state index in [1.165, 1.54) is 0 Å². The lowest BCUT2D eigenvalue weighted by molar-refractivity contribution is -0.142. The van der Waals surface area contributed by atoms with Gasteiger partial charge in [0.05, 0.1) is 6.42 Å². The van der Waals surface area contributed by atoms with E-state index in [4.69, 9.17) is 5.11 Å². The summed E-state index contributed by atoms with van der Waals surface area (Å²) in [5.41, 5.74) is 0.127. The van der Waals surface area contributed by atoms with Crippen molar-refractivity contribution in [2.45, 2.75) is 52.0 Å². The smallest absolute Gasteiger partial charge is 0.305 e. The van der Waals surface area contributed by atoms with Gasteiger partial charge in [0.25, 0.3) is 0 Å². The molecular formula is C13H21NO3. The van der Waals surface area contributed by atoms with E-state index in [0.717, 1.165) is 32.2 Å². The Morgan fingerprint density at radius 1 is 1.35 bits per heavy atom. The number of aliphatic carboxylic acids is 1. The molecule has 1 aliphatic heterocycles. The fourth-order valence-corrected chi connectivity index (χ4v) is 2.79. The summed E-state index contributed by atoms with van der Waals surface area (Å²) in [6, 6.07) is -0.0786. The van der Waals surface area contributed by atoms with Crippen LogP contribution < -0.4 is 0 Å². The molecule has 4 nitrogen and oxygen atoms in total. The maximum absolute atomic E-state index is 12.3. The molecule has 1 N–H and O–H groups in total.